The number of likely N-dealkylation sites (N-methyl/N-ethyl adjacent to an activating group) is 1. The minimum absolute atomic E-state index is 0.0244. The number of amides is 6. The van der Waals surface area contributed by atoms with Gasteiger partial charge in [-0.1, -0.05) is 36.8 Å². The molecule has 3 heterocycles. The number of cyclic esters (lactones) is 1. The number of fused-ring (bicyclic) bond motifs is 2. The summed E-state index contributed by atoms with van der Waals surface area (Å²) in [5.74, 6) is -7.39. The van der Waals surface area contributed by atoms with Crippen LogP contribution in [0.25, 0.3) is 0 Å². The first kappa shape index (κ1) is 43.7. The van der Waals surface area contributed by atoms with Crippen LogP contribution in [0.3, 0.4) is 0 Å². The third kappa shape index (κ3) is 10.2. The molecule has 6 amide bonds. The van der Waals surface area contributed by atoms with Crippen molar-refractivity contribution in [2.75, 3.05) is 20.1 Å². The number of rotatable bonds is 8. The standard InChI is InChI=1S/C41H52F2N6O9/c1-21-9-11-26(12-10-21)18-33(51)45-30(17-27-15-28(42)19-29(43)16-27)36(52)46-34-25(5)58-41(57)32-14-22(2)20-49(32)38(54)23(3)44-37(53)35(24(4)50)47(6)39(55)31-8-7-13-48(31)40(34)56/h9-12,15-16,19,22-25,30-32,34-35,50H,7-8,13-14,17-18,20H2,1-6H3,(H,44,53)(H,45,51)(H,46,52)/t22-,23-,24+,25-,30-,31-,32-,34-,35-/m0/s1. The van der Waals surface area contributed by atoms with Crippen LogP contribution in [0.5, 0.6) is 0 Å². The molecule has 2 aromatic carbocycles. The third-order valence-electron chi connectivity index (χ3n) is 10.9. The third-order valence-corrected chi connectivity index (χ3v) is 10.9. The van der Waals surface area contributed by atoms with Crippen molar-refractivity contribution in [1.29, 1.82) is 0 Å². The number of benzene rings is 2. The van der Waals surface area contributed by atoms with E-state index in [1.807, 2.05) is 26.0 Å². The van der Waals surface area contributed by atoms with E-state index in [2.05, 4.69) is 16.0 Å². The van der Waals surface area contributed by atoms with Gasteiger partial charge in [0.05, 0.1) is 12.5 Å². The second kappa shape index (κ2) is 18.4. The molecule has 314 valence electrons. The highest BCUT2D eigenvalue weighted by atomic mass is 19.1. The van der Waals surface area contributed by atoms with Crippen LogP contribution in [0.15, 0.2) is 42.5 Å². The number of nitrogens with one attached hydrogen (secondary N) is 3. The van der Waals surface area contributed by atoms with Crippen molar-refractivity contribution in [3.05, 3.63) is 70.8 Å². The number of aryl methyl sites for hydroxylation is 1. The number of carbonyl (C=O) groups is 7. The highest BCUT2D eigenvalue weighted by Crippen LogP contribution is 2.27. The Bertz CT molecular complexity index is 1890. The minimum atomic E-state index is -1.67. The molecule has 4 N–H and O–H groups in total. The lowest BCUT2D eigenvalue weighted by Gasteiger charge is -2.37. The molecule has 3 fully saturated rings. The van der Waals surface area contributed by atoms with Crippen molar-refractivity contribution in [2.45, 2.75) is 115 Å². The van der Waals surface area contributed by atoms with Crippen molar-refractivity contribution >= 4 is 41.4 Å². The second-order valence-electron chi connectivity index (χ2n) is 15.8. The van der Waals surface area contributed by atoms with E-state index in [-0.39, 0.29) is 43.8 Å². The highest BCUT2D eigenvalue weighted by Gasteiger charge is 2.47. The SMILES string of the molecule is Cc1ccc(CC(=O)N[C@@H](Cc2cc(F)cc(F)c2)C(=O)N[C@@H]2C(=O)N3CCC[C@H]3C(=O)N(C)[C@@H]([C@@H](C)O)C(=O)N[C@@H](C)C(=O)N3C[C@@H](C)C[C@H]3C(=O)O[C@H]2C)cc1. The van der Waals surface area contributed by atoms with Gasteiger partial charge in [-0.2, -0.15) is 0 Å². The number of hydrogen-bond donors (Lipinski definition) is 4. The van der Waals surface area contributed by atoms with Gasteiger partial charge in [-0.05, 0) is 76.1 Å². The van der Waals surface area contributed by atoms with Gasteiger partial charge in [0.1, 0.15) is 54.0 Å². The van der Waals surface area contributed by atoms with E-state index < -0.39 is 108 Å². The predicted molar refractivity (Wildman–Crippen MR) is 204 cm³/mol. The summed E-state index contributed by atoms with van der Waals surface area (Å²) in [6.07, 6.45) is -2.65. The summed E-state index contributed by atoms with van der Waals surface area (Å²) in [5, 5.41) is 18.5. The molecule has 0 aromatic heterocycles. The number of hydrogen-bond acceptors (Lipinski definition) is 9. The first-order valence-corrected chi connectivity index (χ1v) is 19.5. The molecule has 17 heteroatoms. The fourth-order valence-corrected chi connectivity index (χ4v) is 7.95. The average Bonchev–Trinajstić information content (AvgIpc) is 3.80. The number of nitrogens with zero attached hydrogens (tertiary/aromatic N) is 3. The van der Waals surface area contributed by atoms with Crippen LogP contribution in [0.2, 0.25) is 0 Å². The summed E-state index contributed by atoms with van der Waals surface area (Å²) in [4.78, 5) is 101. The Morgan fingerprint density at radius 2 is 1.59 bits per heavy atom. The van der Waals surface area contributed by atoms with E-state index in [0.717, 1.165) is 22.6 Å². The molecule has 3 aliphatic heterocycles. The molecule has 0 radical (unpaired) electrons. The van der Waals surface area contributed by atoms with Gasteiger partial charge in [-0.3, -0.25) is 28.8 Å². The lowest BCUT2D eigenvalue weighted by atomic mass is 10.0. The van der Waals surface area contributed by atoms with E-state index >= 15 is 0 Å². The topological polar surface area (TPSA) is 195 Å². The van der Waals surface area contributed by atoms with Crippen molar-refractivity contribution in [2.24, 2.45) is 5.92 Å². The number of aliphatic hydroxyl groups excluding tert-OH is 1. The van der Waals surface area contributed by atoms with Crippen LogP contribution in [0.1, 0.15) is 63.6 Å². The molecular weight excluding hydrogens is 758 g/mol. The molecule has 0 saturated carbocycles. The number of esters is 1. The molecule has 3 aliphatic rings. The van der Waals surface area contributed by atoms with Crippen molar-refractivity contribution in [1.82, 2.24) is 30.7 Å². The van der Waals surface area contributed by atoms with E-state index in [4.69, 9.17) is 4.74 Å². The fourth-order valence-electron chi connectivity index (χ4n) is 7.95. The lowest BCUT2D eigenvalue weighted by molar-refractivity contribution is -0.163. The highest BCUT2D eigenvalue weighted by molar-refractivity contribution is 5.98. The summed E-state index contributed by atoms with van der Waals surface area (Å²) in [7, 11) is 1.30. The Morgan fingerprint density at radius 1 is 0.931 bits per heavy atom. The fraction of sp³-hybridized carbons (Fsp3) is 0.537. The molecular formula is C41H52F2N6O9. The van der Waals surface area contributed by atoms with Gasteiger partial charge >= 0.3 is 5.97 Å². The molecule has 0 bridgehead atoms. The van der Waals surface area contributed by atoms with E-state index in [0.29, 0.717) is 18.1 Å². The number of carbonyl (C=O) groups excluding carboxylic acids is 7. The molecule has 15 nitrogen and oxygen atoms in total. The van der Waals surface area contributed by atoms with Crippen LogP contribution >= 0.6 is 0 Å². The Kier molecular flexibility index (Phi) is 13.9. The number of ether oxygens (including phenoxy) is 1. The maximum Gasteiger partial charge on any atom is 0.329 e. The summed E-state index contributed by atoms with van der Waals surface area (Å²) in [5.41, 5.74) is 1.61. The monoisotopic (exact) mass is 810 g/mol. The average molecular weight is 811 g/mol. The van der Waals surface area contributed by atoms with Gasteiger partial charge in [0, 0.05) is 32.6 Å². The summed E-state index contributed by atoms with van der Waals surface area (Å²) >= 11 is 0. The lowest BCUT2D eigenvalue weighted by Crippen LogP contribution is -2.63. The zero-order valence-corrected chi connectivity index (χ0v) is 33.5. The van der Waals surface area contributed by atoms with Gasteiger partial charge < -0.3 is 40.5 Å². The summed E-state index contributed by atoms with van der Waals surface area (Å²) < 4.78 is 34.5. The second-order valence-corrected chi connectivity index (χ2v) is 15.8. The minimum Gasteiger partial charge on any atom is -0.458 e. The van der Waals surface area contributed by atoms with Gasteiger partial charge in [0.25, 0.3) is 0 Å². The van der Waals surface area contributed by atoms with Gasteiger partial charge in [-0.25, -0.2) is 13.6 Å². The van der Waals surface area contributed by atoms with Crippen LogP contribution in [-0.4, -0.2) is 130 Å². The molecule has 2 aromatic rings. The Hall–Kier alpha value is -5.45. The molecule has 0 spiro atoms. The summed E-state index contributed by atoms with van der Waals surface area (Å²) in [6, 6.07) is 1.70. The summed E-state index contributed by atoms with van der Waals surface area (Å²) in [6.45, 7) is 7.99. The molecule has 3 saturated heterocycles. The Balaban J connectivity index is 1.51. The van der Waals surface area contributed by atoms with Gasteiger partial charge in [0.15, 0.2) is 0 Å². The van der Waals surface area contributed by atoms with Crippen molar-refractivity contribution < 1.29 is 52.2 Å². The van der Waals surface area contributed by atoms with Crippen LogP contribution < -0.4 is 16.0 Å². The van der Waals surface area contributed by atoms with Crippen LogP contribution in [0.4, 0.5) is 8.78 Å². The molecule has 0 aliphatic carbocycles. The normalized spacial score (nSPS) is 27.0. The van der Waals surface area contributed by atoms with Crippen molar-refractivity contribution in [3.63, 3.8) is 0 Å². The van der Waals surface area contributed by atoms with Crippen LogP contribution in [0, 0.1) is 24.5 Å². The predicted octanol–water partition coefficient (Wildman–Crippen LogP) is 0.914. The largest absolute Gasteiger partial charge is 0.458 e. The maximum absolute atomic E-state index is 14.6. The number of halogens is 2. The van der Waals surface area contributed by atoms with Gasteiger partial charge in [0.2, 0.25) is 35.4 Å². The first-order valence-electron chi connectivity index (χ1n) is 19.5. The Labute approximate surface area is 335 Å². The molecule has 9 atom stereocenters. The zero-order chi connectivity index (χ0) is 42.6. The van der Waals surface area contributed by atoms with Crippen LogP contribution in [-0.2, 0) is 51.1 Å². The number of aliphatic hydroxyl groups is 1. The maximum atomic E-state index is 14.6. The molecule has 58 heavy (non-hydrogen) atoms. The molecule has 5 rings (SSSR count). The zero-order valence-electron chi connectivity index (χ0n) is 33.5. The quantitative estimate of drug-likeness (QED) is 0.281. The van der Waals surface area contributed by atoms with Crippen molar-refractivity contribution in [3.8, 4) is 0 Å². The molecule has 0 unspecified atom stereocenters. The Morgan fingerprint density at radius 3 is 2.22 bits per heavy atom. The van der Waals surface area contributed by atoms with E-state index in [9.17, 15) is 47.4 Å². The van der Waals surface area contributed by atoms with Gasteiger partial charge in [-0.15, -0.1) is 0 Å². The smallest absolute Gasteiger partial charge is 0.329 e. The van der Waals surface area contributed by atoms with E-state index in [1.165, 1.54) is 37.6 Å². The van der Waals surface area contributed by atoms with E-state index in [1.54, 1.807) is 12.1 Å². The first-order chi connectivity index (χ1) is 27.3.